The number of aliphatic hydroxyl groups is 1. The van der Waals surface area contributed by atoms with E-state index in [0.717, 1.165) is 18.4 Å². The van der Waals surface area contributed by atoms with Crippen molar-refractivity contribution in [2.24, 2.45) is 0 Å². The maximum Gasteiger partial charge on any atom is 0.257 e. The Morgan fingerprint density at radius 1 is 1.50 bits per heavy atom. The number of rotatable bonds is 7. The second-order valence-corrected chi connectivity index (χ2v) is 4.24. The van der Waals surface area contributed by atoms with Gasteiger partial charge in [0.15, 0.2) is 6.61 Å². The number of amides is 1. The minimum atomic E-state index is -0.535. The number of carbonyl (C=O) groups is 1. The summed E-state index contributed by atoms with van der Waals surface area (Å²) in [5, 5.41) is 12.2. The summed E-state index contributed by atoms with van der Waals surface area (Å²) in [4.78, 5) is 11.4. The predicted molar refractivity (Wildman–Crippen MR) is 70.5 cm³/mol. The standard InChI is InChI=1S/C14H21NO3/c1-3-4-8-15-14(17)10-18-13-7-5-6-12(9-13)11(2)16/h5-7,9,11,16H,3-4,8,10H2,1-2H3,(H,15,17)/t11-/m1/s1. The number of hydrogen-bond donors (Lipinski definition) is 2. The molecule has 1 rings (SSSR count). The Morgan fingerprint density at radius 3 is 2.94 bits per heavy atom. The molecule has 1 aromatic rings. The molecule has 0 saturated heterocycles. The van der Waals surface area contributed by atoms with Crippen LogP contribution in [-0.4, -0.2) is 24.2 Å². The summed E-state index contributed by atoms with van der Waals surface area (Å²) in [5.41, 5.74) is 0.777. The average molecular weight is 251 g/mol. The van der Waals surface area contributed by atoms with E-state index in [1.165, 1.54) is 0 Å². The van der Waals surface area contributed by atoms with Crippen LogP contribution in [0.5, 0.6) is 5.75 Å². The van der Waals surface area contributed by atoms with Crippen molar-refractivity contribution >= 4 is 5.91 Å². The molecule has 0 radical (unpaired) electrons. The van der Waals surface area contributed by atoms with E-state index in [1.54, 1.807) is 25.1 Å². The van der Waals surface area contributed by atoms with Crippen LogP contribution in [0.3, 0.4) is 0 Å². The second kappa shape index (κ2) is 7.71. The molecule has 0 aliphatic heterocycles. The highest BCUT2D eigenvalue weighted by atomic mass is 16.5. The zero-order valence-corrected chi connectivity index (χ0v) is 11.0. The van der Waals surface area contributed by atoms with Gasteiger partial charge < -0.3 is 15.2 Å². The highest BCUT2D eigenvalue weighted by molar-refractivity contribution is 5.77. The third-order valence-corrected chi connectivity index (χ3v) is 2.56. The van der Waals surface area contributed by atoms with Gasteiger partial charge in [0.05, 0.1) is 6.10 Å². The van der Waals surface area contributed by atoms with Crippen molar-refractivity contribution in [3.05, 3.63) is 29.8 Å². The van der Waals surface area contributed by atoms with Crippen LogP contribution in [0.4, 0.5) is 0 Å². The molecule has 2 N–H and O–H groups in total. The Bertz CT molecular complexity index is 377. The number of carbonyl (C=O) groups excluding carboxylic acids is 1. The molecule has 0 saturated carbocycles. The average Bonchev–Trinajstić information content (AvgIpc) is 2.37. The zero-order valence-electron chi connectivity index (χ0n) is 11.0. The van der Waals surface area contributed by atoms with Crippen molar-refractivity contribution in [2.75, 3.05) is 13.2 Å². The Balaban J connectivity index is 2.38. The molecule has 4 heteroatoms. The molecule has 4 nitrogen and oxygen atoms in total. The van der Waals surface area contributed by atoms with Gasteiger partial charge in [-0.2, -0.15) is 0 Å². The highest BCUT2D eigenvalue weighted by Gasteiger charge is 2.04. The molecule has 100 valence electrons. The lowest BCUT2D eigenvalue weighted by atomic mass is 10.1. The normalized spacial score (nSPS) is 11.9. The van der Waals surface area contributed by atoms with E-state index in [9.17, 15) is 9.90 Å². The number of unbranched alkanes of at least 4 members (excludes halogenated alkanes) is 1. The fraction of sp³-hybridized carbons (Fsp3) is 0.500. The predicted octanol–water partition coefficient (Wildman–Crippen LogP) is 2.04. The SMILES string of the molecule is CCCCNC(=O)COc1cccc([C@@H](C)O)c1. The van der Waals surface area contributed by atoms with Crippen molar-refractivity contribution in [1.82, 2.24) is 5.32 Å². The Hall–Kier alpha value is -1.55. The minimum Gasteiger partial charge on any atom is -0.484 e. The fourth-order valence-electron chi connectivity index (χ4n) is 1.47. The molecule has 1 aromatic carbocycles. The van der Waals surface area contributed by atoms with Crippen molar-refractivity contribution in [1.29, 1.82) is 0 Å². The Labute approximate surface area is 108 Å². The third-order valence-electron chi connectivity index (χ3n) is 2.56. The number of benzene rings is 1. The van der Waals surface area contributed by atoms with Crippen molar-refractivity contribution < 1.29 is 14.6 Å². The summed E-state index contributed by atoms with van der Waals surface area (Å²) in [6.07, 6.45) is 1.49. The van der Waals surface area contributed by atoms with E-state index < -0.39 is 6.10 Å². The maximum atomic E-state index is 11.4. The van der Waals surface area contributed by atoms with E-state index in [1.807, 2.05) is 6.07 Å². The van der Waals surface area contributed by atoms with Crippen LogP contribution in [0.15, 0.2) is 24.3 Å². The summed E-state index contributed by atoms with van der Waals surface area (Å²) >= 11 is 0. The van der Waals surface area contributed by atoms with E-state index in [2.05, 4.69) is 12.2 Å². The van der Waals surface area contributed by atoms with Crippen LogP contribution in [-0.2, 0) is 4.79 Å². The van der Waals surface area contributed by atoms with Gasteiger partial charge in [-0.15, -0.1) is 0 Å². The molecule has 18 heavy (non-hydrogen) atoms. The van der Waals surface area contributed by atoms with Crippen molar-refractivity contribution in [3.8, 4) is 5.75 Å². The molecule has 0 aliphatic rings. The van der Waals surface area contributed by atoms with Gasteiger partial charge in [0.2, 0.25) is 0 Å². The van der Waals surface area contributed by atoms with Crippen LogP contribution in [0.2, 0.25) is 0 Å². The van der Waals surface area contributed by atoms with Crippen molar-refractivity contribution in [2.45, 2.75) is 32.8 Å². The lowest BCUT2D eigenvalue weighted by Crippen LogP contribution is -2.29. The maximum absolute atomic E-state index is 11.4. The van der Waals surface area contributed by atoms with E-state index in [4.69, 9.17) is 4.74 Å². The molecule has 0 bridgehead atoms. The van der Waals surface area contributed by atoms with Gasteiger partial charge in [-0.3, -0.25) is 4.79 Å². The first kappa shape index (κ1) is 14.5. The molecule has 0 fully saturated rings. The first-order valence-corrected chi connectivity index (χ1v) is 6.31. The monoisotopic (exact) mass is 251 g/mol. The third kappa shape index (κ3) is 5.19. The second-order valence-electron chi connectivity index (χ2n) is 4.24. The first-order valence-electron chi connectivity index (χ1n) is 6.31. The van der Waals surface area contributed by atoms with Crippen LogP contribution < -0.4 is 10.1 Å². The molecule has 0 unspecified atom stereocenters. The van der Waals surface area contributed by atoms with E-state index >= 15 is 0 Å². The molecule has 1 atom stereocenters. The molecule has 0 spiro atoms. The van der Waals surface area contributed by atoms with Crippen LogP contribution in [0.1, 0.15) is 38.4 Å². The van der Waals surface area contributed by atoms with Gasteiger partial charge in [-0.05, 0) is 31.0 Å². The molecule has 0 heterocycles. The van der Waals surface area contributed by atoms with Gasteiger partial charge in [0, 0.05) is 6.54 Å². The number of aliphatic hydroxyl groups excluding tert-OH is 1. The van der Waals surface area contributed by atoms with Crippen LogP contribution >= 0.6 is 0 Å². The molecule has 1 amide bonds. The number of nitrogens with one attached hydrogen (secondary N) is 1. The quantitative estimate of drug-likeness (QED) is 0.729. The van der Waals surface area contributed by atoms with Crippen LogP contribution in [0, 0.1) is 0 Å². The first-order chi connectivity index (χ1) is 8.63. The van der Waals surface area contributed by atoms with Gasteiger partial charge >= 0.3 is 0 Å². The number of ether oxygens (including phenoxy) is 1. The Kier molecular flexibility index (Phi) is 6.22. The van der Waals surface area contributed by atoms with Gasteiger partial charge in [-0.1, -0.05) is 25.5 Å². The highest BCUT2D eigenvalue weighted by Crippen LogP contribution is 2.18. The summed E-state index contributed by atoms with van der Waals surface area (Å²) < 4.78 is 5.37. The summed E-state index contributed by atoms with van der Waals surface area (Å²) in [6.45, 7) is 4.46. The van der Waals surface area contributed by atoms with Gasteiger partial charge in [-0.25, -0.2) is 0 Å². The molecular weight excluding hydrogens is 230 g/mol. The van der Waals surface area contributed by atoms with Gasteiger partial charge in [0.25, 0.3) is 5.91 Å². The van der Waals surface area contributed by atoms with E-state index in [-0.39, 0.29) is 12.5 Å². The largest absolute Gasteiger partial charge is 0.484 e. The molecule has 0 aliphatic carbocycles. The lowest BCUT2D eigenvalue weighted by molar-refractivity contribution is -0.123. The topological polar surface area (TPSA) is 58.6 Å². The van der Waals surface area contributed by atoms with Crippen molar-refractivity contribution in [3.63, 3.8) is 0 Å². The Morgan fingerprint density at radius 2 is 2.28 bits per heavy atom. The summed E-state index contributed by atoms with van der Waals surface area (Å²) in [7, 11) is 0. The smallest absolute Gasteiger partial charge is 0.257 e. The number of hydrogen-bond acceptors (Lipinski definition) is 3. The van der Waals surface area contributed by atoms with E-state index in [0.29, 0.717) is 12.3 Å². The minimum absolute atomic E-state index is 0.00692. The summed E-state index contributed by atoms with van der Waals surface area (Å²) in [6, 6.07) is 7.13. The fourth-order valence-corrected chi connectivity index (χ4v) is 1.47. The van der Waals surface area contributed by atoms with Crippen LogP contribution in [0.25, 0.3) is 0 Å². The van der Waals surface area contributed by atoms with Gasteiger partial charge in [0.1, 0.15) is 5.75 Å². The zero-order chi connectivity index (χ0) is 13.4. The molecule has 0 aromatic heterocycles. The summed E-state index contributed by atoms with van der Waals surface area (Å²) in [5.74, 6) is 0.477. The molecular formula is C14H21NO3. The lowest BCUT2D eigenvalue weighted by Gasteiger charge is -2.09.